The summed E-state index contributed by atoms with van der Waals surface area (Å²) >= 11 is 0. The van der Waals surface area contributed by atoms with Crippen LogP contribution in [0.2, 0.25) is 0 Å². The molecule has 0 aromatic rings. The van der Waals surface area contributed by atoms with Crippen molar-refractivity contribution in [3.05, 3.63) is 11.6 Å². The van der Waals surface area contributed by atoms with Crippen LogP contribution in [0.5, 0.6) is 0 Å². The van der Waals surface area contributed by atoms with Crippen molar-refractivity contribution in [3.8, 4) is 0 Å². The molecule has 5 fully saturated rings. The van der Waals surface area contributed by atoms with Gasteiger partial charge >= 0.3 is 11.9 Å². The predicted octanol–water partition coefficient (Wildman–Crippen LogP) is 3.00. The molecule has 0 aromatic heterocycles. The lowest BCUT2D eigenvalue weighted by Crippen LogP contribution is -2.69. The van der Waals surface area contributed by atoms with Gasteiger partial charge in [-0.15, -0.1) is 0 Å². The Morgan fingerprint density at radius 2 is 1.86 bits per heavy atom. The number of cyclic esters (lactones) is 1. The quantitative estimate of drug-likeness (QED) is 0.270. The van der Waals surface area contributed by atoms with Gasteiger partial charge in [0.25, 0.3) is 0 Å². The second kappa shape index (κ2) is 10.6. The monoisotopic (exact) mass is 590 g/mol. The summed E-state index contributed by atoms with van der Waals surface area (Å²) in [6.07, 6.45) is 6.06. The summed E-state index contributed by atoms with van der Waals surface area (Å²) in [7, 11) is 1.57. The van der Waals surface area contributed by atoms with Crippen molar-refractivity contribution < 1.29 is 48.3 Å². The molecule has 6 rings (SSSR count). The van der Waals surface area contributed by atoms with Crippen molar-refractivity contribution in [2.24, 2.45) is 28.6 Å². The van der Waals surface area contributed by atoms with Crippen molar-refractivity contribution in [2.45, 2.75) is 127 Å². The van der Waals surface area contributed by atoms with Crippen molar-refractivity contribution in [3.63, 3.8) is 0 Å². The number of aldehydes is 1. The zero-order valence-corrected chi connectivity index (χ0v) is 25.2. The van der Waals surface area contributed by atoms with Gasteiger partial charge in [0.15, 0.2) is 12.4 Å². The van der Waals surface area contributed by atoms with Crippen LogP contribution in [-0.4, -0.2) is 84.1 Å². The average molecular weight is 591 g/mol. The highest BCUT2D eigenvalue weighted by molar-refractivity contribution is 5.85. The molecule has 42 heavy (non-hydrogen) atoms. The maximum absolute atomic E-state index is 13.1. The molecule has 0 bridgehead atoms. The van der Waals surface area contributed by atoms with Crippen molar-refractivity contribution >= 4 is 18.2 Å². The zero-order chi connectivity index (χ0) is 30.1. The van der Waals surface area contributed by atoms with Gasteiger partial charge in [0.05, 0.1) is 28.8 Å². The Bertz CT molecular complexity index is 1140. The summed E-state index contributed by atoms with van der Waals surface area (Å²) in [6, 6.07) is 0. The zero-order valence-electron chi connectivity index (χ0n) is 25.2. The Labute approximate surface area is 247 Å². The third kappa shape index (κ3) is 4.42. The van der Waals surface area contributed by atoms with E-state index in [-0.39, 0.29) is 35.9 Å². The van der Waals surface area contributed by atoms with E-state index >= 15 is 0 Å². The highest BCUT2D eigenvalue weighted by Gasteiger charge is 2.71. The minimum Gasteiger partial charge on any atom is -0.458 e. The third-order valence-corrected chi connectivity index (χ3v) is 12.4. The molecule has 10 nitrogen and oxygen atoms in total. The Morgan fingerprint density at radius 3 is 2.52 bits per heavy atom. The molecule has 0 unspecified atom stereocenters. The van der Waals surface area contributed by atoms with Gasteiger partial charge in [-0.2, -0.15) is 0 Å². The maximum atomic E-state index is 13.1. The fraction of sp³-hybridized carbons (Fsp3) is 0.844. The molecule has 234 valence electrons. The van der Waals surface area contributed by atoms with Crippen LogP contribution in [0.15, 0.2) is 11.6 Å². The van der Waals surface area contributed by atoms with E-state index in [4.69, 9.17) is 23.7 Å². The Hall–Kier alpha value is -1.85. The summed E-state index contributed by atoms with van der Waals surface area (Å²) in [6.45, 7) is 5.63. The number of esters is 2. The molecule has 0 spiro atoms. The number of ether oxygens (including phenoxy) is 5. The van der Waals surface area contributed by atoms with Gasteiger partial charge in [-0.25, -0.2) is 4.79 Å². The number of hydrogen-bond acceptors (Lipinski definition) is 10. The van der Waals surface area contributed by atoms with Gasteiger partial charge in [-0.1, -0.05) is 6.92 Å². The van der Waals surface area contributed by atoms with Crippen LogP contribution in [0.3, 0.4) is 0 Å². The number of methoxy groups -OCH3 is 1. The van der Waals surface area contributed by atoms with E-state index in [0.717, 1.165) is 31.1 Å². The normalized spacial score (nSPS) is 50.1. The van der Waals surface area contributed by atoms with Gasteiger partial charge in [0.1, 0.15) is 19.0 Å². The fourth-order valence-electron chi connectivity index (χ4n) is 10.3. The molecule has 4 saturated carbocycles. The molecule has 0 aromatic carbocycles. The van der Waals surface area contributed by atoms with E-state index in [1.165, 1.54) is 6.92 Å². The van der Waals surface area contributed by atoms with Crippen molar-refractivity contribution in [2.75, 3.05) is 13.7 Å². The first kappa shape index (κ1) is 30.2. The number of carbonyl (C=O) groups excluding carboxylic acids is 3. The molecule has 0 amide bonds. The molecule has 2 aliphatic heterocycles. The maximum Gasteiger partial charge on any atom is 0.331 e. The number of fused-ring (bicyclic) bond motifs is 5. The molecule has 0 radical (unpaired) electrons. The first-order valence-electron chi connectivity index (χ1n) is 15.7. The minimum atomic E-state index is -1.24. The number of aliphatic hydroxyl groups is 2. The van der Waals surface area contributed by atoms with Gasteiger partial charge in [-0.05, 0) is 81.6 Å². The standard InChI is InChI=1S/C32H46O10/c1-18-28(41-19(2)34)25(38-4)14-27(40-18)42-21-5-10-30(17-33)23-6-9-29(3)22(20-13-26(35)39-16-20)8-12-32(29,37)24(23)7-11-31(30,36)15-21/h13,17-18,21-25,27-28,36-37H,5-12,14-16H2,1-4H3/t18-,21+,22+,23-,24+,25+,27-,28+,29-,30+,31-,32+/m1/s1. The van der Waals surface area contributed by atoms with E-state index in [2.05, 4.69) is 6.92 Å². The molecular formula is C32H46O10. The smallest absolute Gasteiger partial charge is 0.331 e. The molecule has 1 saturated heterocycles. The second-order valence-corrected chi connectivity index (χ2v) is 14.1. The lowest BCUT2D eigenvalue weighted by atomic mass is 9.41. The van der Waals surface area contributed by atoms with Crippen LogP contribution in [0.1, 0.15) is 85.0 Å². The van der Waals surface area contributed by atoms with E-state index in [1.807, 2.05) is 6.92 Å². The topological polar surface area (TPSA) is 138 Å². The Balaban J connectivity index is 1.18. The summed E-state index contributed by atoms with van der Waals surface area (Å²) in [5, 5.41) is 24.7. The van der Waals surface area contributed by atoms with Gasteiger partial charge in [-0.3, -0.25) is 4.79 Å². The molecule has 10 heteroatoms. The lowest BCUT2D eigenvalue weighted by Gasteiger charge is -2.65. The first-order chi connectivity index (χ1) is 19.9. The molecule has 12 atom stereocenters. The van der Waals surface area contributed by atoms with Crippen LogP contribution in [0, 0.1) is 28.6 Å². The fourth-order valence-corrected chi connectivity index (χ4v) is 10.3. The van der Waals surface area contributed by atoms with E-state index in [9.17, 15) is 24.6 Å². The highest BCUT2D eigenvalue weighted by atomic mass is 16.7. The lowest BCUT2D eigenvalue weighted by molar-refractivity contribution is -0.289. The summed E-state index contributed by atoms with van der Waals surface area (Å²) in [4.78, 5) is 36.5. The Morgan fingerprint density at radius 1 is 1.10 bits per heavy atom. The first-order valence-corrected chi connectivity index (χ1v) is 15.7. The molecular weight excluding hydrogens is 544 g/mol. The van der Waals surface area contributed by atoms with Crippen LogP contribution < -0.4 is 0 Å². The SMILES string of the molecule is CO[C@H]1C[C@@H](O[C@H]2CC[C@]3(C=O)[C@@H]4CC[C@]5(C)[C@H](C6=CC(=O)OC6)CC[C@]5(O)[C@H]4CC[C@@]3(O)C2)O[C@H](C)[C@@H]1OC(C)=O. The van der Waals surface area contributed by atoms with E-state index in [0.29, 0.717) is 51.6 Å². The van der Waals surface area contributed by atoms with Crippen LogP contribution in [-0.2, 0) is 38.1 Å². The number of hydrogen-bond donors (Lipinski definition) is 2. The molecule has 2 heterocycles. The van der Waals surface area contributed by atoms with Gasteiger partial charge in [0.2, 0.25) is 0 Å². The molecule has 4 aliphatic carbocycles. The predicted molar refractivity (Wildman–Crippen MR) is 148 cm³/mol. The number of carbonyl (C=O) groups is 3. The third-order valence-electron chi connectivity index (χ3n) is 12.4. The highest BCUT2D eigenvalue weighted by Crippen LogP contribution is 2.70. The summed E-state index contributed by atoms with van der Waals surface area (Å²) in [5.74, 6) is -0.871. The largest absolute Gasteiger partial charge is 0.458 e. The van der Waals surface area contributed by atoms with Gasteiger partial charge in [0, 0.05) is 38.4 Å². The van der Waals surface area contributed by atoms with Crippen LogP contribution in [0.25, 0.3) is 0 Å². The van der Waals surface area contributed by atoms with Crippen molar-refractivity contribution in [1.29, 1.82) is 0 Å². The van der Waals surface area contributed by atoms with E-state index in [1.54, 1.807) is 13.2 Å². The van der Waals surface area contributed by atoms with Crippen LogP contribution in [0.4, 0.5) is 0 Å². The molecule has 2 N–H and O–H groups in total. The average Bonchev–Trinajstić information content (AvgIpc) is 3.48. The van der Waals surface area contributed by atoms with Crippen LogP contribution >= 0.6 is 0 Å². The van der Waals surface area contributed by atoms with E-state index < -0.39 is 46.5 Å². The van der Waals surface area contributed by atoms with Gasteiger partial charge < -0.3 is 38.7 Å². The summed E-state index contributed by atoms with van der Waals surface area (Å²) in [5.41, 5.74) is -2.60. The van der Waals surface area contributed by atoms with Crippen molar-refractivity contribution in [1.82, 2.24) is 0 Å². The Kier molecular flexibility index (Phi) is 7.65. The molecule has 6 aliphatic rings. The number of rotatable bonds is 6. The second-order valence-electron chi connectivity index (χ2n) is 14.1. The summed E-state index contributed by atoms with van der Waals surface area (Å²) < 4.78 is 28.7. The minimum absolute atomic E-state index is 0.0706.